The first-order valence-electron chi connectivity index (χ1n) is 12.3. The Morgan fingerprint density at radius 3 is 1.92 bits per heavy atom. The minimum atomic E-state index is -0.679. The maximum atomic E-state index is 13.5. The summed E-state index contributed by atoms with van der Waals surface area (Å²) in [4.78, 5) is 65.7. The predicted octanol–water partition coefficient (Wildman–Crippen LogP) is 4.75. The molecule has 1 aliphatic carbocycles. The number of imide groups is 1. The Morgan fingerprint density at radius 2 is 1.33 bits per heavy atom. The Labute approximate surface area is 229 Å². The molecule has 3 aromatic rings. The van der Waals surface area contributed by atoms with E-state index in [2.05, 4.69) is 0 Å². The Balaban J connectivity index is 1.37. The Hall–Kier alpha value is -4.56. The van der Waals surface area contributed by atoms with Crippen LogP contribution in [-0.4, -0.2) is 46.0 Å². The fraction of sp³-hybridized carbons (Fsp3) is 0.167. The van der Waals surface area contributed by atoms with Crippen LogP contribution in [0, 0.1) is 11.8 Å². The maximum Gasteiger partial charge on any atom is 0.343 e. The molecule has 2 aliphatic rings. The van der Waals surface area contributed by atoms with E-state index in [1.54, 1.807) is 30.3 Å². The Kier molecular flexibility index (Phi) is 7.38. The van der Waals surface area contributed by atoms with Crippen molar-refractivity contribution < 1.29 is 28.7 Å². The van der Waals surface area contributed by atoms with E-state index < -0.39 is 47.9 Å². The summed E-state index contributed by atoms with van der Waals surface area (Å²) < 4.78 is 5.36. The SMILES string of the molecule is O=C(CN(C(=O)c1ccc(Cl)cc1)N1C(=O)[C@H]2CC=CC[C@@H]2C1=O)c1ccc(OC(=O)c2ccccc2)cc1. The van der Waals surface area contributed by atoms with Gasteiger partial charge in [-0.25, -0.2) is 9.80 Å². The van der Waals surface area contributed by atoms with Crippen molar-refractivity contribution in [3.05, 3.63) is 113 Å². The maximum absolute atomic E-state index is 13.5. The van der Waals surface area contributed by atoms with Crippen LogP contribution in [0.15, 0.2) is 91.0 Å². The van der Waals surface area contributed by atoms with Crippen molar-refractivity contribution in [1.29, 1.82) is 0 Å². The number of rotatable bonds is 7. The first-order chi connectivity index (χ1) is 18.8. The molecule has 1 aliphatic heterocycles. The summed E-state index contributed by atoms with van der Waals surface area (Å²) in [6.45, 7) is -0.547. The van der Waals surface area contributed by atoms with Crippen LogP contribution in [0.5, 0.6) is 5.75 Å². The first kappa shape index (κ1) is 26.1. The molecule has 9 heteroatoms. The number of hydrogen-bond acceptors (Lipinski definition) is 6. The Morgan fingerprint density at radius 1 is 0.769 bits per heavy atom. The number of amides is 3. The van der Waals surface area contributed by atoms with Gasteiger partial charge < -0.3 is 4.74 Å². The van der Waals surface area contributed by atoms with E-state index in [-0.39, 0.29) is 16.9 Å². The predicted molar refractivity (Wildman–Crippen MR) is 142 cm³/mol. The number of allylic oxidation sites excluding steroid dienone is 2. The average Bonchev–Trinajstić information content (AvgIpc) is 3.22. The molecule has 0 N–H and O–H groups in total. The second-order valence-electron chi connectivity index (χ2n) is 9.22. The molecular weight excluding hydrogens is 520 g/mol. The lowest BCUT2D eigenvalue weighted by atomic mass is 9.85. The molecule has 1 saturated heterocycles. The zero-order valence-electron chi connectivity index (χ0n) is 20.7. The lowest BCUT2D eigenvalue weighted by Gasteiger charge is -2.30. The van der Waals surface area contributed by atoms with Gasteiger partial charge in [-0.1, -0.05) is 42.0 Å². The van der Waals surface area contributed by atoms with Crippen molar-refractivity contribution in [2.24, 2.45) is 11.8 Å². The summed E-state index contributed by atoms with van der Waals surface area (Å²) >= 11 is 5.96. The van der Waals surface area contributed by atoms with E-state index in [0.717, 1.165) is 10.0 Å². The number of hydrogen-bond donors (Lipinski definition) is 0. The van der Waals surface area contributed by atoms with Gasteiger partial charge in [0.1, 0.15) is 12.3 Å². The third-order valence-electron chi connectivity index (χ3n) is 6.74. The average molecular weight is 543 g/mol. The number of hydrazine groups is 1. The van der Waals surface area contributed by atoms with Crippen molar-refractivity contribution in [1.82, 2.24) is 10.0 Å². The van der Waals surface area contributed by atoms with Crippen LogP contribution in [0.25, 0.3) is 0 Å². The van der Waals surface area contributed by atoms with Crippen LogP contribution in [0.2, 0.25) is 5.02 Å². The number of ether oxygens (including phenoxy) is 1. The highest BCUT2D eigenvalue weighted by atomic mass is 35.5. The van der Waals surface area contributed by atoms with Gasteiger partial charge >= 0.3 is 5.97 Å². The number of fused-ring (bicyclic) bond motifs is 1. The van der Waals surface area contributed by atoms with Gasteiger partial charge in [0.2, 0.25) is 0 Å². The minimum Gasteiger partial charge on any atom is -0.423 e. The molecule has 0 aromatic heterocycles. The van der Waals surface area contributed by atoms with Gasteiger partial charge in [-0.3, -0.25) is 19.2 Å². The van der Waals surface area contributed by atoms with E-state index in [0.29, 0.717) is 23.4 Å². The molecule has 0 radical (unpaired) electrons. The highest BCUT2D eigenvalue weighted by molar-refractivity contribution is 6.30. The van der Waals surface area contributed by atoms with Crippen LogP contribution in [0.4, 0.5) is 0 Å². The summed E-state index contributed by atoms with van der Waals surface area (Å²) in [6.07, 6.45) is 4.48. The minimum absolute atomic E-state index is 0.170. The molecule has 3 amide bonds. The number of halogens is 1. The Bertz CT molecular complexity index is 1440. The highest BCUT2D eigenvalue weighted by Crippen LogP contribution is 2.36. The molecule has 0 spiro atoms. The van der Waals surface area contributed by atoms with E-state index >= 15 is 0 Å². The molecule has 3 aromatic carbocycles. The molecular formula is C30H23ClN2O6. The summed E-state index contributed by atoms with van der Waals surface area (Å²) in [6, 6.07) is 20.3. The number of carbonyl (C=O) groups excluding carboxylic acids is 5. The van der Waals surface area contributed by atoms with Crippen molar-refractivity contribution >= 4 is 41.1 Å². The van der Waals surface area contributed by atoms with Gasteiger partial charge in [-0.05, 0) is 73.5 Å². The van der Waals surface area contributed by atoms with Crippen LogP contribution in [-0.2, 0) is 9.59 Å². The molecule has 8 nitrogen and oxygen atoms in total. The van der Waals surface area contributed by atoms with Crippen LogP contribution < -0.4 is 4.74 Å². The van der Waals surface area contributed by atoms with Crippen molar-refractivity contribution in [2.75, 3.05) is 6.54 Å². The standard InChI is InChI=1S/C30H23ClN2O6/c31-22-14-10-20(11-15-22)27(35)32(33-28(36)24-8-4-5-9-25(24)29(33)37)18-26(34)19-12-16-23(17-13-19)39-30(38)21-6-2-1-3-7-21/h1-7,10-17,24-25H,8-9,18H2/t24-,25-/m0/s1. The van der Waals surface area contributed by atoms with E-state index in [4.69, 9.17) is 16.3 Å². The molecule has 196 valence electrons. The lowest BCUT2D eigenvalue weighted by Crippen LogP contribution is -2.52. The van der Waals surface area contributed by atoms with E-state index in [1.165, 1.54) is 48.5 Å². The molecule has 1 heterocycles. The second kappa shape index (κ2) is 11.0. The number of benzene rings is 3. The van der Waals surface area contributed by atoms with Crippen molar-refractivity contribution in [2.45, 2.75) is 12.8 Å². The van der Waals surface area contributed by atoms with Gasteiger partial charge in [0.05, 0.1) is 17.4 Å². The van der Waals surface area contributed by atoms with Gasteiger partial charge in [0.15, 0.2) is 5.78 Å². The molecule has 39 heavy (non-hydrogen) atoms. The van der Waals surface area contributed by atoms with Crippen LogP contribution in [0.1, 0.15) is 43.9 Å². The summed E-state index contributed by atoms with van der Waals surface area (Å²) in [5, 5.41) is 2.15. The number of nitrogens with zero attached hydrogens (tertiary/aromatic N) is 2. The van der Waals surface area contributed by atoms with Crippen LogP contribution >= 0.6 is 11.6 Å². The number of Topliss-reactive ketones (excluding diaryl/α,β-unsaturated/α-hetero) is 1. The summed E-state index contributed by atoms with van der Waals surface area (Å²) in [5.41, 5.74) is 0.760. The molecule has 1 fully saturated rings. The summed E-state index contributed by atoms with van der Waals surface area (Å²) in [5.74, 6) is -3.66. The molecule has 0 saturated carbocycles. The topological polar surface area (TPSA) is 101 Å². The van der Waals surface area contributed by atoms with Crippen molar-refractivity contribution in [3.63, 3.8) is 0 Å². The second-order valence-corrected chi connectivity index (χ2v) is 9.65. The van der Waals surface area contributed by atoms with Crippen LogP contribution in [0.3, 0.4) is 0 Å². The van der Waals surface area contributed by atoms with Gasteiger partial charge in [0, 0.05) is 16.1 Å². The lowest BCUT2D eigenvalue weighted by molar-refractivity contribution is -0.154. The van der Waals surface area contributed by atoms with Crippen molar-refractivity contribution in [3.8, 4) is 5.75 Å². The van der Waals surface area contributed by atoms with Gasteiger partial charge in [-0.15, -0.1) is 0 Å². The van der Waals surface area contributed by atoms with E-state index in [1.807, 2.05) is 12.2 Å². The normalized spacial score (nSPS) is 18.0. The monoisotopic (exact) mass is 542 g/mol. The third kappa shape index (κ3) is 5.37. The number of carbonyl (C=O) groups is 5. The summed E-state index contributed by atoms with van der Waals surface area (Å²) in [7, 11) is 0. The third-order valence-corrected chi connectivity index (χ3v) is 6.99. The fourth-order valence-electron chi connectivity index (χ4n) is 4.67. The van der Waals surface area contributed by atoms with Gasteiger partial charge in [0.25, 0.3) is 17.7 Å². The first-order valence-corrected chi connectivity index (χ1v) is 12.7. The number of ketones is 1. The molecule has 5 rings (SSSR count). The fourth-order valence-corrected chi connectivity index (χ4v) is 4.80. The van der Waals surface area contributed by atoms with Gasteiger partial charge in [-0.2, -0.15) is 5.01 Å². The molecule has 0 bridgehead atoms. The highest BCUT2D eigenvalue weighted by Gasteiger charge is 2.51. The zero-order chi connectivity index (χ0) is 27.5. The molecule has 2 atom stereocenters. The smallest absolute Gasteiger partial charge is 0.343 e. The van der Waals surface area contributed by atoms with E-state index in [9.17, 15) is 24.0 Å². The zero-order valence-corrected chi connectivity index (χ0v) is 21.4. The number of esters is 1. The molecule has 0 unspecified atom stereocenters. The quantitative estimate of drug-likeness (QED) is 0.140. The largest absolute Gasteiger partial charge is 0.423 e.